The molecular formula is C10H21N2O-. The minimum atomic E-state index is 0.599. The summed E-state index contributed by atoms with van der Waals surface area (Å²) < 4.78 is 0. The number of nitrogens with one attached hydrogen (secondary N) is 1. The molecule has 0 radical (unpaired) electrons. The van der Waals surface area contributed by atoms with Crippen molar-refractivity contribution >= 4 is 0 Å². The fourth-order valence-corrected chi connectivity index (χ4v) is 1.74. The van der Waals surface area contributed by atoms with Gasteiger partial charge in [0, 0.05) is 6.04 Å². The van der Waals surface area contributed by atoms with Crippen LogP contribution in [0.5, 0.6) is 0 Å². The van der Waals surface area contributed by atoms with Gasteiger partial charge >= 0.3 is 0 Å². The smallest absolute Gasteiger partial charge is 0.00907 e. The number of piperidine rings is 1. The Bertz CT molecular complexity index is 122. The minimum absolute atomic E-state index is 0.599. The number of hydroxylamine groups is 2. The highest BCUT2D eigenvalue weighted by Gasteiger charge is 2.12. The van der Waals surface area contributed by atoms with Crippen LogP contribution in [-0.4, -0.2) is 30.7 Å². The van der Waals surface area contributed by atoms with Crippen molar-refractivity contribution in [3.8, 4) is 0 Å². The standard InChI is InChI=1S/C10H21N2O/c1-2-3-4-7-11-10-5-8-12(13)9-6-10/h10-11H,2-9H2,1H3/q-1. The van der Waals surface area contributed by atoms with Crippen LogP contribution in [0.3, 0.4) is 0 Å². The van der Waals surface area contributed by atoms with Crippen molar-refractivity contribution in [1.82, 2.24) is 10.4 Å². The lowest BCUT2D eigenvalue weighted by atomic mass is 10.1. The molecule has 0 bridgehead atoms. The molecule has 1 aliphatic heterocycles. The molecule has 1 N–H and O–H groups in total. The molecule has 3 heteroatoms. The number of hydrogen-bond acceptors (Lipinski definition) is 3. The first-order chi connectivity index (χ1) is 6.33. The van der Waals surface area contributed by atoms with Gasteiger partial charge in [0.2, 0.25) is 0 Å². The molecule has 0 spiro atoms. The Balaban J connectivity index is 1.96. The summed E-state index contributed by atoms with van der Waals surface area (Å²) in [5.41, 5.74) is 0. The topological polar surface area (TPSA) is 38.3 Å². The summed E-state index contributed by atoms with van der Waals surface area (Å²) in [7, 11) is 0. The first kappa shape index (κ1) is 11.0. The van der Waals surface area contributed by atoms with Crippen LogP contribution in [0.2, 0.25) is 0 Å². The van der Waals surface area contributed by atoms with Crippen LogP contribution in [0, 0.1) is 5.21 Å². The maximum Gasteiger partial charge on any atom is 0.00907 e. The lowest BCUT2D eigenvalue weighted by Crippen LogP contribution is -2.40. The largest absolute Gasteiger partial charge is 0.785 e. The maximum absolute atomic E-state index is 10.9. The van der Waals surface area contributed by atoms with E-state index in [9.17, 15) is 5.21 Å². The predicted octanol–water partition coefficient (Wildman–Crippen LogP) is 1.73. The molecule has 0 atom stereocenters. The van der Waals surface area contributed by atoms with Gasteiger partial charge in [0.25, 0.3) is 0 Å². The fourth-order valence-electron chi connectivity index (χ4n) is 1.74. The van der Waals surface area contributed by atoms with Crippen molar-refractivity contribution in [2.24, 2.45) is 0 Å². The van der Waals surface area contributed by atoms with Crippen LogP contribution in [0.25, 0.3) is 0 Å². The van der Waals surface area contributed by atoms with Gasteiger partial charge in [-0.2, -0.15) is 0 Å². The molecule has 1 aliphatic rings. The first-order valence-electron chi connectivity index (χ1n) is 5.48. The van der Waals surface area contributed by atoms with Crippen molar-refractivity contribution in [2.45, 2.75) is 45.1 Å². The van der Waals surface area contributed by atoms with Crippen LogP contribution in [0.1, 0.15) is 39.0 Å². The molecule has 78 valence electrons. The van der Waals surface area contributed by atoms with E-state index < -0.39 is 0 Å². The number of unbranched alkanes of at least 4 members (excludes halogenated alkanes) is 2. The van der Waals surface area contributed by atoms with Gasteiger partial charge in [-0.15, -0.1) is 0 Å². The molecule has 0 amide bonds. The lowest BCUT2D eigenvalue weighted by molar-refractivity contribution is 0.259. The molecule has 0 aliphatic carbocycles. The summed E-state index contributed by atoms with van der Waals surface area (Å²) in [6.07, 6.45) is 5.91. The third-order valence-corrected chi connectivity index (χ3v) is 2.67. The first-order valence-corrected chi connectivity index (χ1v) is 5.48. The quantitative estimate of drug-likeness (QED) is 0.663. The molecule has 3 nitrogen and oxygen atoms in total. The molecule has 0 aromatic carbocycles. The maximum atomic E-state index is 10.9. The molecule has 1 saturated heterocycles. The van der Waals surface area contributed by atoms with Gasteiger partial charge in [0.15, 0.2) is 0 Å². The van der Waals surface area contributed by atoms with Gasteiger partial charge in [-0.05, 0) is 38.9 Å². The molecule has 1 rings (SSSR count). The second-order valence-electron chi connectivity index (χ2n) is 3.86. The van der Waals surface area contributed by atoms with Crippen LogP contribution in [0.4, 0.5) is 0 Å². The Hall–Kier alpha value is -0.120. The SMILES string of the molecule is CCCCCNC1CCN([O-])CC1. The van der Waals surface area contributed by atoms with Gasteiger partial charge in [-0.3, -0.25) is 0 Å². The highest BCUT2D eigenvalue weighted by molar-refractivity contribution is 4.76. The van der Waals surface area contributed by atoms with E-state index in [2.05, 4.69) is 12.2 Å². The summed E-state index contributed by atoms with van der Waals surface area (Å²) in [5, 5.41) is 15.6. The molecule has 1 fully saturated rings. The summed E-state index contributed by atoms with van der Waals surface area (Å²) in [6, 6.07) is 0.599. The third-order valence-electron chi connectivity index (χ3n) is 2.67. The summed E-state index contributed by atoms with van der Waals surface area (Å²) in [4.78, 5) is 0. The van der Waals surface area contributed by atoms with E-state index in [0.717, 1.165) is 19.4 Å². The zero-order valence-corrected chi connectivity index (χ0v) is 8.59. The highest BCUT2D eigenvalue weighted by Crippen LogP contribution is 2.08. The van der Waals surface area contributed by atoms with E-state index in [-0.39, 0.29) is 0 Å². The molecule has 0 unspecified atom stereocenters. The van der Waals surface area contributed by atoms with Crippen molar-refractivity contribution in [2.75, 3.05) is 19.6 Å². The Morgan fingerprint density at radius 2 is 2.00 bits per heavy atom. The van der Waals surface area contributed by atoms with Gasteiger partial charge in [-0.25, -0.2) is 0 Å². The lowest BCUT2D eigenvalue weighted by Gasteiger charge is -2.36. The van der Waals surface area contributed by atoms with Crippen LogP contribution < -0.4 is 5.32 Å². The second kappa shape index (κ2) is 6.35. The monoisotopic (exact) mass is 185 g/mol. The summed E-state index contributed by atoms with van der Waals surface area (Å²) in [5.74, 6) is 0. The molecule has 0 aromatic heterocycles. The molecule has 0 saturated carbocycles. The summed E-state index contributed by atoms with van der Waals surface area (Å²) >= 11 is 0. The van der Waals surface area contributed by atoms with E-state index in [1.165, 1.54) is 24.3 Å². The van der Waals surface area contributed by atoms with E-state index in [1.807, 2.05) is 0 Å². The van der Waals surface area contributed by atoms with E-state index in [4.69, 9.17) is 0 Å². The van der Waals surface area contributed by atoms with Crippen molar-refractivity contribution < 1.29 is 0 Å². The molecule has 1 heterocycles. The number of rotatable bonds is 5. The fraction of sp³-hybridized carbons (Fsp3) is 1.00. The predicted molar refractivity (Wildman–Crippen MR) is 55.5 cm³/mol. The van der Waals surface area contributed by atoms with E-state index in [1.54, 1.807) is 0 Å². The van der Waals surface area contributed by atoms with Gasteiger partial charge in [0.05, 0.1) is 0 Å². The second-order valence-corrected chi connectivity index (χ2v) is 3.86. The highest BCUT2D eigenvalue weighted by atomic mass is 16.5. The molecular weight excluding hydrogens is 164 g/mol. The van der Waals surface area contributed by atoms with Gasteiger partial charge < -0.3 is 15.6 Å². The number of nitrogens with zero attached hydrogens (tertiary/aromatic N) is 1. The van der Waals surface area contributed by atoms with Crippen LogP contribution in [0.15, 0.2) is 0 Å². The molecule has 0 aromatic rings. The van der Waals surface area contributed by atoms with Crippen molar-refractivity contribution in [3.63, 3.8) is 0 Å². The zero-order valence-electron chi connectivity index (χ0n) is 8.59. The Morgan fingerprint density at radius 3 is 2.62 bits per heavy atom. The Kier molecular flexibility index (Phi) is 5.35. The normalized spacial score (nSPS) is 20.8. The molecule has 13 heavy (non-hydrogen) atoms. The van der Waals surface area contributed by atoms with E-state index >= 15 is 0 Å². The minimum Gasteiger partial charge on any atom is -0.785 e. The Labute approximate surface area is 81.1 Å². The van der Waals surface area contributed by atoms with Crippen LogP contribution in [-0.2, 0) is 0 Å². The summed E-state index contributed by atoms with van der Waals surface area (Å²) in [6.45, 7) is 4.77. The van der Waals surface area contributed by atoms with Gasteiger partial charge in [-0.1, -0.05) is 19.8 Å². The zero-order chi connectivity index (χ0) is 9.52. The van der Waals surface area contributed by atoms with Crippen molar-refractivity contribution in [1.29, 1.82) is 0 Å². The Morgan fingerprint density at radius 1 is 1.31 bits per heavy atom. The van der Waals surface area contributed by atoms with Gasteiger partial charge in [0.1, 0.15) is 0 Å². The van der Waals surface area contributed by atoms with E-state index in [0.29, 0.717) is 19.1 Å². The number of hydrogen-bond donors (Lipinski definition) is 1. The van der Waals surface area contributed by atoms with Crippen LogP contribution >= 0.6 is 0 Å². The average molecular weight is 185 g/mol. The third kappa shape index (κ3) is 4.60. The average Bonchev–Trinajstić information content (AvgIpc) is 2.15. The van der Waals surface area contributed by atoms with Crippen molar-refractivity contribution in [3.05, 3.63) is 5.21 Å².